The summed E-state index contributed by atoms with van der Waals surface area (Å²) in [5.74, 6) is 2.20. The Morgan fingerprint density at radius 1 is 1.32 bits per heavy atom. The number of hydrogen-bond acceptors (Lipinski definition) is 7. The molecule has 0 aliphatic heterocycles. The number of nitrogens with one attached hydrogen (secondary N) is 2. The zero-order chi connectivity index (χ0) is 13.5. The van der Waals surface area contributed by atoms with E-state index in [9.17, 15) is 0 Å². The Bertz CT molecular complexity index is 503. The van der Waals surface area contributed by atoms with Crippen molar-refractivity contribution in [1.29, 1.82) is 0 Å². The highest BCUT2D eigenvalue weighted by Gasteiger charge is 2.04. The molecule has 0 bridgehead atoms. The quantitative estimate of drug-likeness (QED) is 0.809. The fourth-order valence-corrected chi connectivity index (χ4v) is 2.04. The first-order chi connectivity index (χ1) is 9.31. The fourth-order valence-electron chi connectivity index (χ4n) is 1.48. The maximum absolute atomic E-state index is 5.33. The van der Waals surface area contributed by atoms with Crippen LogP contribution in [0.3, 0.4) is 0 Å². The van der Waals surface area contributed by atoms with Crippen molar-refractivity contribution in [2.24, 2.45) is 0 Å². The van der Waals surface area contributed by atoms with Gasteiger partial charge < -0.3 is 15.4 Å². The van der Waals surface area contributed by atoms with Crippen molar-refractivity contribution in [3.63, 3.8) is 0 Å². The van der Waals surface area contributed by atoms with Crippen LogP contribution >= 0.6 is 11.3 Å². The highest BCUT2D eigenvalue weighted by Crippen LogP contribution is 2.13. The van der Waals surface area contributed by atoms with E-state index in [1.807, 2.05) is 30.9 Å². The predicted molar refractivity (Wildman–Crippen MR) is 76.3 cm³/mol. The lowest BCUT2D eigenvalue weighted by molar-refractivity contribution is 0.128. The van der Waals surface area contributed by atoms with E-state index in [1.54, 1.807) is 11.3 Å². The van der Waals surface area contributed by atoms with E-state index >= 15 is 0 Å². The van der Waals surface area contributed by atoms with Gasteiger partial charge in [-0.25, -0.2) is 15.0 Å². The molecule has 0 saturated carbocycles. The molecule has 19 heavy (non-hydrogen) atoms. The summed E-state index contributed by atoms with van der Waals surface area (Å²) < 4.78 is 5.33. The fraction of sp³-hybridized carbons (Fsp3) is 0.417. The third-order valence-electron chi connectivity index (χ3n) is 2.40. The lowest BCUT2D eigenvalue weighted by atomic mass is 10.4. The van der Waals surface area contributed by atoms with Gasteiger partial charge in [-0.3, -0.25) is 0 Å². The van der Waals surface area contributed by atoms with Crippen LogP contribution in [0.5, 0.6) is 0 Å². The molecule has 0 amide bonds. The van der Waals surface area contributed by atoms with Gasteiger partial charge in [-0.05, 0) is 6.92 Å². The Morgan fingerprint density at radius 2 is 2.16 bits per heavy atom. The molecule has 0 unspecified atom stereocenters. The van der Waals surface area contributed by atoms with Gasteiger partial charge in [0.25, 0.3) is 0 Å². The molecule has 2 N–H and O–H groups in total. The third kappa shape index (κ3) is 4.15. The van der Waals surface area contributed by atoms with Crippen LogP contribution in [0.4, 0.5) is 11.6 Å². The van der Waals surface area contributed by atoms with Gasteiger partial charge in [0.05, 0.1) is 17.7 Å². The first-order valence-corrected chi connectivity index (χ1v) is 7.00. The van der Waals surface area contributed by atoms with Crippen molar-refractivity contribution in [2.75, 3.05) is 24.3 Å². The van der Waals surface area contributed by atoms with Gasteiger partial charge in [-0.1, -0.05) is 0 Å². The Balaban J connectivity index is 2.05. The number of rotatable bonds is 7. The van der Waals surface area contributed by atoms with Crippen LogP contribution in [0.15, 0.2) is 17.0 Å². The molecule has 0 radical (unpaired) electrons. The second kappa shape index (κ2) is 7.01. The summed E-state index contributed by atoms with van der Waals surface area (Å²) in [5.41, 5.74) is 2.82. The number of ether oxygens (including phenoxy) is 1. The Morgan fingerprint density at radius 3 is 2.84 bits per heavy atom. The zero-order valence-corrected chi connectivity index (χ0v) is 11.8. The number of anilines is 2. The molecule has 0 spiro atoms. The van der Waals surface area contributed by atoms with Gasteiger partial charge in [0.2, 0.25) is 0 Å². The first kappa shape index (κ1) is 13.7. The third-order valence-corrected chi connectivity index (χ3v) is 3.03. The molecule has 0 aromatic carbocycles. The molecule has 7 heteroatoms. The molecule has 0 aliphatic rings. The Labute approximate surface area is 116 Å². The number of thiazole rings is 1. The second-order valence-electron chi connectivity index (χ2n) is 3.78. The van der Waals surface area contributed by atoms with Crippen molar-refractivity contribution in [1.82, 2.24) is 15.0 Å². The zero-order valence-electron chi connectivity index (χ0n) is 11.0. The first-order valence-electron chi connectivity index (χ1n) is 6.06. The molecule has 2 aromatic heterocycles. The average Bonchev–Trinajstić information content (AvgIpc) is 2.96. The summed E-state index contributed by atoms with van der Waals surface area (Å²) in [6, 6.07) is 1.86. The number of aromatic nitrogens is 3. The minimum atomic E-state index is 0.414. The minimum absolute atomic E-state index is 0.414. The van der Waals surface area contributed by atoms with Gasteiger partial charge in [-0.2, -0.15) is 0 Å². The summed E-state index contributed by atoms with van der Waals surface area (Å²) >= 11 is 1.58. The van der Waals surface area contributed by atoms with Crippen LogP contribution in [0.2, 0.25) is 0 Å². The van der Waals surface area contributed by atoms with Crippen LogP contribution in [0, 0.1) is 0 Å². The number of hydrogen-bond donors (Lipinski definition) is 2. The molecule has 2 heterocycles. The van der Waals surface area contributed by atoms with Crippen molar-refractivity contribution in [3.8, 4) is 0 Å². The molecular weight excluding hydrogens is 262 g/mol. The molecule has 6 nitrogen and oxygen atoms in total. The van der Waals surface area contributed by atoms with Gasteiger partial charge in [0.15, 0.2) is 5.82 Å². The van der Waals surface area contributed by atoms with Crippen molar-refractivity contribution in [3.05, 3.63) is 28.5 Å². The lowest BCUT2D eigenvalue weighted by Crippen LogP contribution is -2.08. The maximum Gasteiger partial charge on any atom is 0.158 e. The molecule has 0 fully saturated rings. The largest absolute Gasteiger partial charge is 0.374 e. The van der Waals surface area contributed by atoms with Crippen LogP contribution in [-0.2, 0) is 17.9 Å². The summed E-state index contributed by atoms with van der Waals surface area (Å²) in [4.78, 5) is 13.0. The van der Waals surface area contributed by atoms with E-state index in [1.165, 1.54) is 0 Å². The summed E-state index contributed by atoms with van der Waals surface area (Å²) in [6.07, 6.45) is 0. The molecule has 0 aliphatic carbocycles. The Kier molecular flexibility index (Phi) is 5.05. The molecule has 0 atom stereocenters. The van der Waals surface area contributed by atoms with Gasteiger partial charge in [0.1, 0.15) is 18.2 Å². The SMILES string of the molecule is CCOCc1nc(NC)cc(NCc2cscn2)n1. The van der Waals surface area contributed by atoms with Crippen LogP contribution in [0.25, 0.3) is 0 Å². The van der Waals surface area contributed by atoms with Crippen LogP contribution in [-0.4, -0.2) is 28.6 Å². The molecule has 2 rings (SSSR count). The highest BCUT2D eigenvalue weighted by atomic mass is 32.1. The molecular formula is C12H17N5OS. The van der Waals surface area contributed by atoms with Crippen molar-refractivity contribution < 1.29 is 4.74 Å². The second-order valence-corrected chi connectivity index (χ2v) is 4.49. The van der Waals surface area contributed by atoms with E-state index in [0.29, 0.717) is 25.6 Å². The van der Waals surface area contributed by atoms with Crippen LogP contribution in [0.1, 0.15) is 18.4 Å². The minimum Gasteiger partial charge on any atom is -0.374 e. The van der Waals surface area contributed by atoms with Gasteiger partial charge in [0, 0.05) is 25.1 Å². The van der Waals surface area contributed by atoms with E-state index < -0.39 is 0 Å². The lowest BCUT2D eigenvalue weighted by Gasteiger charge is -2.09. The van der Waals surface area contributed by atoms with E-state index in [0.717, 1.165) is 17.3 Å². The standard InChI is InChI=1S/C12H17N5OS/c1-3-18-6-12-16-10(13-2)4-11(17-12)14-5-9-7-19-8-15-9/h4,7-8H,3,5-6H2,1-2H3,(H2,13,14,16,17). The number of nitrogens with zero attached hydrogens (tertiary/aromatic N) is 3. The molecule has 0 saturated heterocycles. The topological polar surface area (TPSA) is 72.0 Å². The summed E-state index contributed by atoms with van der Waals surface area (Å²) in [6.45, 7) is 3.66. The van der Waals surface area contributed by atoms with Crippen molar-refractivity contribution in [2.45, 2.75) is 20.1 Å². The molecule has 102 valence electrons. The van der Waals surface area contributed by atoms with Gasteiger partial charge >= 0.3 is 0 Å². The normalized spacial score (nSPS) is 10.4. The smallest absolute Gasteiger partial charge is 0.158 e. The van der Waals surface area contributed by atoms with Gasteiger partial charge in [-0.15, -0.1) is 11.3 Å². The average molecular weight is 279 g/mol. The van der Waals surface area contributed by atoms with E-state index in [4.69, 9.17) is 4.74 Å². The monoisotopic (exact) mass is 279 g/mol. The molecule has 2 aromatic rings. The summed E-state index contributed by atoms with van der Waals surface area (Å²) in [7, 11) is 1.83. The van der Waals surface area contributed by atoms with Crippen LogP contribution < -0.4 is 10.6 Å². The maximum atomic E-state index is 5.33. The van der Waals surface area contributed by atoms with E-state index in [-0.39, 0.29) is 0 Å². The van der Waals surface area contributed by atoms with Crippen molar-refractivity contribution >= 4 is 23.0 Å². The summed E-state index contributed by atoms with van der Waals surface area (Å²) in [5, 5.41) is 8.26. The Hall–Kier alpha value is -1.73. The highest BCUT2D eigenvalue weighted by molar-refractivity contribution is 7.07. The van der Waals surface area contributed by atoms with E-state index in [2.05, 4.69) is 25.6 Å². The predicted octanol–water partition coefficient (Wildman–Crippen LogP) is 2.12.